The van der Waals surface area contributed by atoms with Crippen molar-refractivity contribution in [3.63, 3.8) is 0 Å². The lowest BCUT2D eigenvalue weighted by Gasteiger charge is -2.29. The maximum absolute atomic E-state index is 11.2. The van der Waals surface area contributed by atoms with Crippen molar-refractivity contribution >= 4 is 23.3 Å². The van der Waals surface area contributed by atoms with Crippen LogP contribution in [0.4, 0.5) is 11.4 Å². The second-order valence-corrected chi connectivity index (χ2v) is 5.93. The number of hydrogen-bond acceptors (Lipinski definition) is 6. The van der Waals surface area contributed by atoms with E-state index >= 15 is 0 Å². The van der Waals surface area contributed by atoms with E-state index in [4.69, 9.17) is 10.2 Å². The molecule has 2 aromatic rings. The van der Waals surface area contributed by atoms with E-state index in [1.165, 1.54) is 12.1 Å². The Hall–Kier alpha value is -3.82. The average Bonchev–Trinajstić information content (AvgIpc) is 2.71. The van der Waals surface area contributed by atoms with Gasteiger partial charge < -0.3 is 10.2 Å². The van der Waals surface area contributed by atoms with Crippen molar-refractivity contribution in [2.75, 3.05) is 26.2 Å². The molecule has 0 radical (unpaired) electrons. The minimum Gasteiger partial charge on any atom is -0.478 e. The molecule has 10 heteroatoms. The van der Waals surface area contributed by atoms with Crippen LogP contribution in [0.1, 0.15) is 20.7 Å². The fraction of sp³-hybridized carbons (Fsp3) is 0.222. The smallest absolute Gasteiger partial charge is 0.337 e. The summed E-state index contributed by atoms with van der Waals surface area (Å²) in [6.45, 7) is 2.10. The van der Waals surface area contributed by atoms with Crippen LogP contribution in [0.15, 0.2) is 69.2 Å². The molecular formula is C18H18N6O4. The van der Waals surface area contributed by atoms with Crippen LogP contribution in [0.3, 0.4) is 0 Å². The summed E-state index contributed by atoms with van der Waals surface area (Å²) in [4.78, 5) is 22.4. The molecule has 0 bridgehead atoms. The SMILES string of the molecule is O=C(O)c1ccccc1N=NN1CCN(N=Nc2ccccc2C(=O)O)CC1. The van der Waals surface area contributed by atoms with Gasteiger partial charge in [-0.15, -0.1) is 10.2 Å². The number of carboxylic acids is 2. The first-order valence-electron chi connectivity index (χ1n) is 8.52. The summed E-state index contributed by atoms with van der Waals surface area (Å²) >= 11 is 0. The minimum atomic E-state index is -1.05. The van der Waals surface area contributed by atoms with Crippen LogP contribution in [0.5, 0.6) is 0 Å². The van der Waals surface area contributed by atoms with E-state index in [-0.39, 0.29) is 11.1 Å². The number of aromatic carboxylic acids is 2. The molecular weight excluding hydrogens is 364 g/mol. The van der Waals surface area contributed by atoms with Crippen molar-refractivity contribution in [1.29, 1.82) is 0 Å². The van der Waals surface area contributed by atoms with Crippen LogP contribution >= 0.6 is 0 Å². The standard InChI is InChI=1S/C18H18N6O4/c25-17(26)13-5-1-3-7-15(13)19-21-23-9-11-24(12-10-23)22-20-16-8-4-2-6-14(16)18(27)28/h1-8H,9-12H2,(H,25,26)(H,27,28). The predicted molar refractivity (Wildman–Crippen MR) is 99.0 cm³/mol. The molecule has 1 aliphatic rings. The summed E-state index contributed by atoms with van der Waals surface area (Å²) < 4.78 is 0. The number of nitrogens with zero attached hydrogens (tertiary/aromatic N) is 6. The first-order valence-corrected chi connectivity index (χ1v) is 8.52. The van der Waals surface area contributed by atoms with Crippen LogP contribution in [0, 0.1) is 0 Å². The molecule has 2 N–H and O–H groups in total. The number of carboxylic acid groups (broad SMARTS) is 2. The van der Waals surface area contributed by atoms with E-state index in [2.05, 4.69) is 20.7 Å². The monoisotopic (exact) mass is 382 g/mol. The van der Waals surface area contributed by atoms with Crippen LogP contribution in [-0.2, 0) is 0 Å². The van der Waals surface area contributed by atoms with Crippen molar-refractivity contribution in [3.8, 4) is 0 Å². The van der Waals surface area contributed by atoms with Gasteiger partial charge in [0.1, 0.15) is 11.4 Å². The molecule has 0 amide bonds. The number of piperazine rings is 1. The highest BCUT2D eigenvalue weighted by Crippen LogP contribution is 2.21. The lowest BCUT2D eigenvalue weighted by molar-refractivity contribution is 0.0686. The van der Waals surface area contributed by atoms with Crippen LogP contribution in [0.2, 0.25) is 0 Å². The van der Waals surface area contributed by atoms with Crippen molar-refractivity contribution in [1.82, 2.24) is 10.0 Å². The zero-order valence-electron chi connectivity index (χ0n) is 14.8. The Morgan fingerprint density at radius 1 is 0.679 bits per heavy atom. The number of carbonyl (C=O) groups is 2. The molecule has 0 aromatic heterocycles. The average molecular weight is 382 g/mol. The topological polar surface area (TPSA) is 131 Å². The molecule has 0 aliphatic carbocycles. The summed E-state index contributed by atoms with van der Waals surface area (Å²) in [6, 6.07) is 12.8. The predicted octanol–water partition coefficient (Wildman–Crippen LogP) is 3.40. The quantitative estimate of drug-likeness (QED) is 0.736. The molecule has 10 nitrogen and oxygen atoms in total. The normalized spacial score (nSPS) is 14.7. The molecule has 1 aliphatic heterocycles. The zero-order valence-corrected chi connectivity index (χ0v) is 14.8. The summed E-state index contributed by atoms with van der Waals surface area (Å²) in [5, 5.41) is 38.0. The van der Waals surface area contributed by atoms with Gasteiger partial charge in [0, 0.05) is 0 Å². The highest BCUT2D eigenvalue weighted by molar-refractivity contribution is 5.93. The van der Waals surface area contributed by atoms with Gasteiger partial charge in [-0.05, 0) is 24.3 Å². The van der Waals surface area contributed by atoms with Crippen molar-refractivity contribution in [3.05, 3.63) is 59.7 Å². The van der Waals surface area contributed by atoms with E-state index in [1.54, 1.807) is 46.4 Å². The second kappa shape index (κ2) is 8.71. The molecule has 0 unspecified atom stereocenters. The van der Waals surface area contributed by atoms with E-state index in [0.717, 1.165) is 0 Å². The highest BCUT2D eigenvalue weighted by Gasteiger charge is 2.16. The van der Waals surface area contributed by atoms with Gasteiger partial charge in [-0.3, -0.25) is 10.0 Å². The molecule has 1 saturated heterocycles. The maximum atomic E-state index is 11.2. The van der Waals surface area contributed by atoms with E-state index in [1.807, 2.05) is 0 Å². The summed E-state index contributed by atoms with van der Waals surface area (Å²) in [5.74, 6) is -2.11. The molecule has 0 atom stereocenters. The largest absolute Gasteiger partial charge is 0.478 e. The first kappa shape index (κ1) is 19.0. The van der Waals surface area contributed by atoms with E-state index < -0.39 is 11.9 Å². The number of benzene rings is 2. The fourth-order valence-corrected chi connectivity index (χ4v) is 2.57. The summed E-state index contributed by atoms with van der Waals surface area (Å²) in [5.41, 5.74) is 0.774. The molecule has 2 aromatic carbocycles. The lowest BCUT2D eigenvalue weighted by Crippen LogP contribution is -2.41. The third-order valence-corrected chi connectivity index (χ3v) is 4.06. The van der Waals surface area contributed by atoms with Gasteiger partial charge in [-0.2, -0.15) is 0 Å². The third-order valence-electron chi connectivity index (χ3n) is 4.06. The Balaban J connectivity index is 1.58. The van der Waals surface area contributed by atoms with Gasteiger partial charge in [0.05, 0.1) is 37.3 Å². The van der Waals surface area contributed by atoms with Gasteiger partial charge in [-0.25, -0.2) is 9.59 Å². The molecule has 28 heavy (non-hydrogen) atoms. The Bertz CT molecular complexity index is 846. The van der Waals surface area contributed by atoms with Crippen LogP contribution in [0.25, 0.3) is 0 Å². The summed E-state index contributed by atoms with van der Waals surface area (Å²) in [7, 11) is 0. The van der Waals surface area contributed by atoms with E-state index in [0.29, 0.717) is 37.6 Å². The molecule has 0 spiro atoms. The van der Waals surface area contributed by atoms with Gasteiger partial charge in [0.2, 0.25) is 0 Å². The van der Waals surface area contributed by atoms with Gasteiger partial charge in [-0.1, -0.05) is 34.7 Å². The minimum absolute atomic E-state index is 0.0933. The first-order chi connectivity index (χ1) is 13.5. The van der Waals surface area contributed by atoms with Crippen molar-refractivity contribution < 1.29 is 19.8 Å². The molecule has 1 heterocycles. The van der Waals surface area contributed by atoms with Gasteiger partial charge in [0.25, 0.3) is 0 Å². The maximum Gasteiger partial charge on any atom is 0.337 e. The Kier molecular flexibility index (Phi) is 5.90. The molecule has 144 valence electrons. The lowest BCUT2D eigenvalue weighted by atomic mass is 10.2. The van der Waals surface area contributed by atoms with E-state index in [9.17, 15) is 9.59 Å². The summed E-state index contributed by atoms with van der Waals surface area (Å²) in [6.07, 6.45) is 0. The zero-order chi connectivity index (χ0) is 19.9. The third kappa shape index (κ3) is 4.67. The van der Waals surface area contributed by atoms with Crippen LogP contribution in [-0.4, -0.2) is 58.3 Å². The fourth-order valence-electron chi connectivity index (χ4n) is 2.57. The Morgan fingerprint density at radius 2 is 1.04 bits per heavy atom. The number of hydrogen-bond donors (Lipinski definition) is 2. The highest BCUT2D eigenvalue weighted by atomic mass is 16.4. The van der Waals surface area contributed by atoms with Gasteiger partial charge >= 0.3 is 11.9 Å². The second-order valence-electron chi connectivity index (χ2n) is 5.93. The molecule has 0 saturated carbocycles. The molecule has 1 fully saturated rings. The van der Waals surface area contributed by atoms with Crippen molar-refractivity contribution in [2.45, 2.75) is 0 Å². The Morgan fingerprint density at radius 3 is 1.39 bits per heavy atom. The van der Waals surface area contributed by atoms with Crippen LogP contribution < -0.4 is 0 Å². The Labute approximate surface area is 160 Å². The van der Waals surface area contributed by atoms with Crippen molar-refractivity contribution in [2.24, 2.45) is 20.7 Å². The van der Waals surface area contributed by atoms with Gasteiger partial charge in [0.15, 0.2) is 0 Å². The molecule has 3 rings (SSSR count). The number of rotatable bonds is 6.